The molecule has 0 atom stereocenters. The Labute approximate surface area is 243 Å². The summed E-state index contributed by atoms with van der Waals surface area (Å²) in [5.41, 5.74) is 6.08. The number of nitrogens with one attached hydrogen (secondary N) is 2. The summed E-state index contributed by atoms with van der Waals surface area (Å²) in [7, 11) is 2.16. The van der Waals surface area contributed by atoms with E-state index in [2.05, 4.69) is 42.4 Å². The van der Waals surface area contributed by atoms with Crippen LogP contribution in [0.5, 0.6) is 0 Å². The molecule has 1 amide bonds. The molecule has 1 saturated heterocycles. The maximum atomic E-state index is 12.9. The number of likely N-dealkylation sites (N-methyl/N-ethyl adjacent to an activating group) is 1. The zero-order valence-electron chi connectivity index (χ0n) is 21.7. The Morgan fingerprint density at radius 2 is 1.76 bits per heavy atom. The summed E-state index contributed by atoms with van der Waals surface area (Å²) in [6, 6.07) is 19.3. The van der Waals surface area contributed by atoms with Crippen molar-refractivity contribution < 1.29 is 4.79 Å². The summed E-state index contributed by atoms with van der Waals surface area (Å²) in [4.78, 5) is 30.9. The minimum absolute atomic E-state index is 0. The van der Waals surface area contributed by atoms with Gasteiger partial charge in [-0.1, -0.05) is 18.2 Å². The molecule has 2 aromatic heterocycles. The van der Waals surface area contributed by atoms with E-state index in [0.29, 0.717) is 17.2 Å². The van der Waals surface area contributed by atoms with Crippen LogP contribution < -0.4 is 10.6 Å². The molecule has 2 aromatic carbocycles. The Morgan fingerprint density at radius 3 is 2.50 bits per heavy atom. The Hall–Kier alpha value is -3.22. The van der Waals surface area contributed by atoms with Crippen LogP contribution in [0.2, 0.25) is 0 Å². The van der Waals surface area contributed by atoms with Crippen LogP contribution in [0.4, 0.5) is 17.3 Å². The molecular formula is C29H31N7OPb. The van der Waals surface area contributed by atoms with Gasteiger partial charge >= 0.3 is 0 Å². The van der Waals surface area contributed by atoms with Crippen LogP contribution >= 0.6 is 0 Å². The molecule has 1 aliphatic rings. The van der Waals surface area contributed by atoms with Crippen LogP contribution in [0.3, 0.4) is 0 Å². The number of benzene rings is 2. The largest absolute Gasteiger partial charge is 0.324 e. The number of rotatable bonds is 7. The second-order valence-electron chi connectivity index (χ2n) is 9.39. The van der Waals surface area contributed by atoms with E-state index in [4.69, 9.17) is 0 Å². The van der Waals surface area contributed by atoms with Gasteiger partial charge in [-0.15, -0.1) is 0 Å². The monoisotopic (exact) mass is 701 g/mol. The molecule has 0 unspecified atom stereocenters. The number of amides is 1. The fourth-order valence-corrected chi connectivity index (χ4v) is 4.28. The smallest absolute Gasteiger partial charge is 0.255 e. The Balaban J connectivity index is 0.00000336. The van der Waals surface area contributed by atoms with Gasteiger partial charge in [-0.2, -0.15) is 0 Å². The van der Waals surface area contributed by atoms with Gasteiger partial charge in [0.25, 0.3) is 5.91 Å². The second kappa shape index (κ2) is 13.0. The molecule has 3 heterocycles. The van der Waals surface area contributed by atoms with Gasteiger partial charge in [0.2, 0.25) is 5.95 Å². The quantitative estimate of drug-likeness (QED) is 0.280. The number of hydrogen-bond acceptors (Lipinski definition) is 7. The number of pyridine rings is 1. The third kappa shape index (κ3) is 7.21. The van der Waals surface area contributed by atoms with Gasteiger partial charge in [-0.3, -0.25) is 14.7 Å². The molecule has 0 saturated carbocycles. The molecule has 5 rings (SSSR count). The first-order chi connectivity index (χ1) is 18.0. The zero-order chi connectivity index (χ0) is 25.6. The van der Waals surface area contributed by atoms with Crippen LogP contribution in [0.1, 0.15) is 21.5 Å². The molecule has 0 aliphatic carbocycles. The summed E-state index contributed by atoms with van der Waals surface area (Å²) in [6.07, 6.45) is 5.22. The van der Waals surface area contributed by atoms with E-state index < -0.39 is 0 Å². The minimum atomic E-state index is -0.143. The molecule has 8 nitrogen and oxygen atoms in total. The summed E-state index contributed by atoms with van der Waals surface area (Å²) in [5, 5.41) is 6.29. The van der Waals surface area contributed by atoms with Gasteiger partial charge in [0.1, 0.15) is 0 Å². The molecule has 0 spiro atoms. The van der Waals surface area contributed by atoms with Crippen molar-refractivity contribution in [1.29, 1.82) is 0 Å². The molecule has 4 aromatic rings. The molecule has 1 fully saturated rings. The van der Waals surface area contributed by atoms with E-state index in [1.165, 1.54) is 5.56 Å². The number of aromatic nitrogens is 3. The fraction of sp³-hybridized carbons (Fsp3) is 0.241. The van der Waals surface area contributed by atoms with Gasteiger partial charge in [0.15, 0.2) is 0 Å². The average molecular weight is 701 g/mol. The number of anilines is 3. The van der Waals surface area contributed by atoms with E-state index in [9.17, 15) is 4.79 Å². The summed E-state index contributed by atoms with van der Waals surface area (Å²) in [5.74, 6) is 0.333. The molecule has 1 aliphatic heterocycles. The van der Waals surface area contributed by atoms with E-state index in [1.807, 2.05) is 67.6 Å². The topological polar surface area (TPSA) is 86.3 Å². The predicted octanol–water partition coefficient (Wildman–Crippen LogP) is 4.21. The molecular weight excluding hydrogens is 670 g/mol. The average Bonchev–Trinajstić information content (AvgIpc) is 2.93. The molecule has 0 bridgehead atoms. The number of hydrogen-bond donors (Lipinski definition) is 2. The molecule has 38 heavy (non-hydrogen) atoms. The van der Waals surface area contributed by atoms with Crippen molar-refractivity contribution in [3.8, 4) is 11.3 Å². The Kier molecular flexibility index (Phi) is 9.54. The van der Waals surface area contributed by atoms with Crippen molar-refractivity contribution in [2.75, 3.05) is 43.9 Å². The molecule has 2 N–H and O–H groups in total. The van der Waals surface area contributed by atoms with Crippen molar-refractivity contribution in [2.24, 2.45) is 0 Å². The summed E-state index contributed by atoms with van der Waals surface area (Å²) < 4.78 is 0. The van der Waals surface area contributed by atoms with Gasteiger partial charge < -0.3 is 15.5 Å². The maximum Gasteiger partial charge on any atom is 0.255 e. The van der Waals surface area contributed by atoms with E-state index in [1.54, 1.807) is 18.6 Å². The van der Waals surface area contributed by atoms with E-state index in [-0.39, 0.29) is 33.2 Å². The Bertz CT molecular complexity index is 1360. The molecule has 4 radical (unpaired) electrons. The van der Waals surface area contributed by atoms with Gasteiger partial charge in [-0.25, -0.2) is 9.97 Å². The zero-order valence-corrected chi connectivity index (χ0v) is 25.6. The van der Waals surface area contributed by atoms with E-state index in [0.717, 1.165) is 55.2 Å². The fourth-order valence-electron chi connectivity index (χ4n) is 4.28. The summed E-state index contributed by atoms with van der Waals surface area (Å²) >= 11 is 0. The first kappa shape index (κ1) is 27.8. The number of piperazine rings is 1. The van der Waals surface area contributed by atoms with Gasteiger partial charge in [0.05, 0.1) is 5.69 Å². The first-order valence-corrected chi connectivity index (χ1v) is 12.5. The van der Waals surface area contributed by atoms with Crippen LogP contribution in [-0.2, 0) is 6.54 Å². The molecule has 9 heteroatoms. The van der Waals surface area contributed by atoms with Crippen molar-refractivity contribution in [3.63, 3.8) is 0 Å². The van der Waals surface area contributed by atoms with Crippen molar-refractivity contribution in [2.45, 2.75) is 13.5 Å². The standard InChI is InChI=1S/C29H31N7O.Pb/c1-21-5-10-25(18-27(21)34-29-31-13-11-26(33-29)24-4-3-12-30-19-24)32-28(37)23-8-6-22(7-9-23)20-36-16-14-35(2)15-17-36;/h3-13,18-19H,14-17,20H2,1-2H3,(H,32,37)(H,31,33,34);. The van der Waals surface area contributed by atoms with Gasteiger partial charge in [0, 0.05) is 101 Å². The van der Waals surface area contributed by atoms with Gasteiger partial charge in [-0.05, 0) is 67.6 Å². The van der Waals surface area contributed by atoms with Crippen LogP contribution in [0.25, 0.3) is 11.3 Å². The van der Waals surface area contributed by atoms with E-state index >= 15 is 0 Å². The minimum Gasteiger partial charge on any atom is -0.324 e. The number of carbonyl (C=O) groups excluding carboxylic acids is 1. The predicted molar refractivity (Wildman–Crippen MR) is 153 cm³/mol. The maximum absolute atomic E-state index is 12.9. The number of nitrogens with zero attached hydrogens (tertiary/aromatic N) is 5. The SMILES string of the molecule is Cc1ccc(NC(=O)c2ccc(CN3CCN(C)CC3)cc2)cc1Nc1nccc(-c2cccnc2)n1.[Pb]. The normalized spacial score (nSPS) is 13.9. The van der Waals surface area contributed by atoms with Crippen LogP contribution in [0, 0.1) is 6.92 Å². The van der Waals surface area contributed by atoms with Crippen molar-refractivity contribution in [3.05, 3.63) is 95.9 Å². The summed E-state index contributed by atoms with van der Waals surface area (Å²) in [6.45, 7) is 7.24. The first-order valence-electron chi connectivity index (χ1n) is 12.5. The van der Waals surface area contributed by atoms with Crippen molar-refractivity contribution in [1.82, 2.24) is 24.8 Å². The number of carbonyl (C=O) groups is 1. The van der Waals surface area contributed by atoms with Crippen LogP contribution in [0.15, 0.2) is 79.3 Å². The third-order valence-corrected chi connectivity index (χ3v) is 6.57. The Morgan fingerprint density at radius 1 is 0.974 bits per heavy atom. The number of aryl methyl sites for hydroxylation is 1. The van der Waals surface area contributed by atoms with Crippen molar-refractivity contribution >= 4 is 50.5 Å². The van der Waals surface area contributed by atoms with Crippen LogP contribution in [-0.4, -0.2) is 91.2 Å². The molecule has 192 valence electrons. The second-order valence-corrected chi connectivity index (χ2v) is 9.39. The third-order valence-electron chi connectivity index (χ3n) is 6.57.